The zero-order valence-corrected chi connectivity index (χ0v) is 17.0. The lowest BCUT2D eigenvalue weighted by molar-refractivity contribution is -0.140. The van der Waals surface area contributed by atoms with E-state index in [1.807, 2.05) is 0 Å². The van der Waals surface area contributed by atoms with Crippen molar-refractivity contribution in [3.05, 3.63) is 89.5 Å². The summed E-state index contributed by atoms with van der Waals surface area (Å²) in [5, 5.41) is 11.2. The van der Waals surface area contributed by atoms with Gasteiger partial charge in [-0.15, -0.1) is 0 Å². The third-order valence-electron chi connectivity index (χ3n) is 5.46. The van der Waals surface area contributed by atoms with Gasteiger partial charge in [0.15, 0.2) is 11.5 Å². The second-order valence-corrected chi connectivity index (χ2v) is 7.43. The summed E-state index contributed by atoms with van der Waals surface area (Å²) in [5.41, 5.74) is 1.81. The van der Waals surface area contributed by atoms with Crippen LogP contribution in [0.15, 0.2) is 72.8 Å². The number of fused-ring (bicyclic) bond motifs is 1. The van der Waals surface area contributed by atoms with Gasteiger partial charge in [-0.1, -0.05) is 6.07 Å². The van der Waals surface area contributed by atoms with Crippen LogP contribution in [0.4, 0.5) is 0 Å². The highest BCUT2D eigenvalue weighted by molar-refractivity contribution is 6.46. The highest BCUT2D eigenvalue weighted by atomic mass is 16.6. The van der Waals surface area contributed by atoms with E-state index in [1.165, 1.54) is 4.90 Å². The largest absolute Gasteiger partial charge is 0.507 e. The van der Waals surface area contributed by atoms with Gasteiger partial charge in [-0.25, -0.2) is 0 Å². The van der Waals surface area contributed by atoms with Crippen LogP contribution in [-0.4, -0.2) is 44.9 Å². The lowest BCUT2D eigenvalue weighted by Gasteiger charge is -2.25. The first-order valence-electron chi connectivity index (χ1n) is 10.1. The van der Waals surface area contributed by atoms with Gasteiger partial charge in [-0.05, 0) is 47.5 Å². The molecule has 1 aromatic carbocycles. The Morgan fingerprint density at radius 1 is 1.00 bits per heavy atom. The molecule has 2 aliphatic heterocycles. The highest BCUT2D eigenvalue weighted by Crippen LogP contribution is 2.41. The minimum atomic E-state index is -0.787. The number of aliphatic hydroxyl groups is 1. The average molecular weight is 429 g/mol. The van der Waals surface area contributed by atoms with Crippen LogP contribution in [0.5, 0.6) is 11.5 Å². The number of nitrogens with zero attached hydrogens (tertiary/aromatic N) is 3. The molecule has 1 fully saturated rings. The zero-order chi connectivity index (χ0) is 22.1. The molecule has 0 saturated carbocycles. The Labute approximate surface area is 183 Å². The van der Waals surface area contributed by atoms with Crippen LogP contribution in [0.3, 0.4) is 0 Å². The van der Waals surface area contributed by atoms with Gasteiger partial charge in [0.25, 0.3) is 11.7 Å². The second-order valence-electron chi connectivity index (χ2n) is 7.43. The van der Waals surface area contributed by atoms with E-state index in [0.717, 1.165) is 5.56 Å². The summed E-state index contributed by atoms with van der Waals surface area (Å²) >= 11 is 0. The van der Waals surface area contributed by atoms with Crippen LogP contribution >= 0.6 is 0 Å². The maximum absolute atomic E-state index is 13.1. The van der Waals surface area contributed by atoms with Crippen molar-refractivity contribution in [3.63, 3.8) is 0 Å². The van der Waals surface area contributed by atoms with E-state index in [4.69, 9.17) is 9.47 Å². The third-order valence-corrected chi connectivity index (χ3v) is 5.46. The van der Waals surface area contributed by atoms with Gasteiger partial charge in [0.2, 0.25) is 0 Å². The molecule has 0 bridgehead atoms. The minimum absolute atomic E-state index is 0.00809. The molecule has 160 valence electrons. The molecule has 0 unspecified atom stereocenters. The molecule has 2 aliphatic rings. The molecule has 32 heavy (non-hydrogen) atoms. The van der Waals surface area contributed by atoms with Gasteiger partial charge in [-0.2, -0.15) is 0 Å². The lowest BCUT2D eigenvalue weighted by atomic mass is 9.96. The number of aromatic nitrogens is 2. The highest BCUT2D eigenvalue weighted by Gasteiger charge is 2.46. The Morgan fingerprint density at radius 3 is 2.53 bits per heavy atom. The molecule has 1 atom stereocenters. The maximum atomic E-state index is 13.1. The molecule has 0 radical (unpaired) electrons. The van der Waals surface area contributed by atoms with Crippen molar-refractivity contribution in [2.24, 2.45) is 0 Å². The van der Waals surface area contributed by atoms with Crippen molar-refractivity contribution in [3.8, 4) is 11.5 Å². The van der Waals surface area contributed by atoms with Gasteiger partial charge in [0.1, 0.15) is 19.0 Å². The van der Waals surface area contributed by atoms with Gasteiger partial charge >= 0.3 is 0 Å². The summed E-state index contributed by atoms with van der Waals surface area (Å²) in [6.07, 6.45) is 6.45. The molecule has 1 saturated heterocycles. The predicted molar refractivity (Wildman–Crippen MR) is 114 cm³/mol. The predicted octanol–water partition coefficient (Wildman–Crippen LogP) is 2.87. The van der Waals surface area contributed by atoms with Crippen molar-refractivity contribution in [1.29, 1.82) is 0 Å². The molecule has 1 amide bonds. The van der Waals surface area contributed by atoms with Gasteiger partial charge < -0.3 is 19.5 Å². The smallest absolute Gasteiger partial charge is 0.295 e. The molecule has 0 aliphatic carbocycles. The average Bonchev–Trinajstić information content (AvgIpc) is 3.09. The molecule has 1 N–H and O–H groups in total. The lowest BCUT2D eigenvalue weighted by Crippen LogP contribution is -2.29. The summed E-state index contributed by atoms with van der Waals surface area (Å²) in [6, 6.07) is 11.2. The third kappa shape index (κ3) is 3.45. The number of carbonyl (C=O) groups is 2. The number of aliphatic hydroxyl groups excluding tert-OH is 1. The van der Waals surface area contributed by atoms with Crippen molar-refractivity contribution in [2.75, 3.05) is 13.2 Å². The number of ether oxygens (including phenoxy) is 2. The molecule has 3 aromatic rings. The minimum Gasteiger partial charge on any atom is -0.507 e. The van der Waals surface area contributed by atoms with E-state index in [1.54, 1.807) is 67.3 Å². The number of Topliss-reactive ketones (excluding diaryl/α,β-unsaturated/α-hetero) is 1. The quantitative estimate of drug-likeness (QED) is 0.387. The fourth-order valence-corrected chi connectivity index (χ4v) is 3.96. The first kappa shape index (κ1) is 19.7. The Bertz CT molecular complexity index is 1210. The van der Waals surface area contributed by atoms with Crippen LogP contribution in [0.1, 0.15) is 22.7 Å². The normalized spacial score (nSPS) is 19.2. The van der Waals surface area contributed by atoms with E-state index < -0.39 is 17.7 Å². The first-order chi connectivity index (χ1) is 15.6. The number of amides is 1. The van der Waals surface area contributed by atoms with Crippen molar-refractivity contribution in [2.45, 2.75) is 12.6 Å². The standard InChI is InChI=1S/C24H19N3O5/c28-22(16-3-4-18-19(12-16)32-11-10-31-18)20-21(17-2-1-7-26-13-17)27(24(30)23(20)29)14-15-5-8-25-9-6-15/h1-9,12-13,21,28H,10-11,14H2/t21-/m1/s1. The number of hydrogen-bond donors (Lipinski definition) is 1. The molecule has 0 spiro atoms. The van der Waals surface area contributed by atoms with E-state index in [9.17, 15) is 14.7 Å². The summed E-state index contributed by atoms with van der Waals surface area (Å²) in [6.45, 7) is 1.02. The Balaban J connectivity index is 1.62. The van der Waals surface area contributed by atoms with Crippen LogP contribution in [-0.2, 0) is 16.1 Å². The van der Waals surface area contributed by atoms with Crippen molar-refractivity contribution in [1.82, 2.24) is 14.9 Å². The Morgan fingerprint density at radius 2 is 1.78 bits per heavy atom. The van der Waals surface area contributed by atoms with Gasteiger partial charge in [-0.3, -0.25) is 19.6 Å². The molecule has 4 heterocycles. The van der Waals surface area contributed by atoms with Crippen LogP contribution in [0.2, 0.25) is 0 Å². The fraction of sp³-hybridized carbons (Fsp3) is 0.167. The van der Waals surface area contributed by atoms with Crippen molar-refractivity contribution < 1.29 is 24.2 Å². The van der Waals surface area contributed by atoms with E-state index in [0.29, 0.717) is 35.8 Å². The van der Waals surface area contributed by atoms with Gasteiger partial charge in [0, 0.05) is 36.9 Å². The number of carbonyl (C=O) groups excluding carboxylic acids is 2. The van der Waals surface area contributed by atoms with E-state index in [2.05, 4.69) is 9.97 Å². The summed E-state index contributed by atoms with van der Waals surface area (Å²) < 4.78 is 11.1. The number of rotatable bonds is 4. The Kier molecular flexibility index (Phi) is 5.03. The number of benzene rings is 1. The molecule has 5 rings (SSSR count). The number of ketones is 1. The Hall–Kier alpha value is -4.20. The van der Waals surface area contributed by atoms with Crippen LogP contribution in [0, 0.1) is 0 Å². The molecule has 8 nitrogen and oxygen atoms in total. The molecule has 2 aromatic heterocycles. The zero-order valence-electron chi connectivity index (χ0n) is 17.0. The van der Waals surface area contributed by atoms with Crippen molar-refractivity contribution >= 4 is 17.4 Å². The fourth-order valence-electron chi connectivity index (χ4n) is 3.96. The molecular formula is C24H19N3O5. The maximum Gasteiger partial charge on any atom is 0.295 e. The van der Waals surface area contributed by atoms with Crippen LogP contribution < -0.4 is 9.47 Å². The molecular weight excluding hydrogens is 410 g/mol. The first-order valence-corrected chi connectivity index (χ1v) is 10.1. The van der Waals surface area contributed by atoms with E-state index >= 15 is 0 Å². The second kappa shape index (κ2) is 8.14. The van der Waals surface area contributed by atoms with E-state index in [-0.39, 0.29) is 17.9 Å². The summed E-state index contributed by atoms with van der Waals surface area (Å²) in [4.78, 5) is 35.7. The summed E-state index contributed by atoms with van der Waals surface area (Å²) in [5.74, 6) is -0.666. The van der Waals surface area contributed by atoms with Gasteiger partial charge in [0.05, 0.1) is 11.6 Å². The summed E-state index contributed by atoms with van der Waals surface area (Å²) in [7, 11) is 0. The number of likely N-dealkylation sites (tertiary alicyclic amines) is 1. The van der Waals surface area contributed by atoms with Crippen LogP contribution in [0.25, 0.3) is 5.76 Å². The SMILES string of the molecule is O=C1C(=O)N(Cc2ccncc2)[C@H](c2cccnc2)C1=C(O)c1ccc2c(c1)OCCO2. The monoisotopic (exact) mass is 429 g/mol. The number of hydrogen-bond acceptors (Lipinski definition) is 7. The molecule has 8 heteroatoms. The number of pyridine rings is 2. The topological polar surface area (TPSA) is 102 Å².